The van der Waals surface area contributed by atoms with Crippen molar-refractivity contribution in [2.24, 2.45) is 0 Å². The Bertz CT molecular complexity index is 801. The molecule has 0 spiro atoms. The van der Waals surface area contributed by atoms with Crippen LogP contribution in [-0.2, 0) is 11.3 Å². The summed E-state index contributed by atoms with van der Waals surface area (Å²) in [4.78, 5) is 15.4. The Balaban J connectivity index is 1.49. The van der Waals surface area contributed by atoms with Gasteiger partial charge in [0.1, 0.15) is 44.2 Å². The summed E-state index contributed by atoms with van der Waals surface area (Å²) in [6.07, 6.45) is 0. The molecule has 1 heterocycles. The van der Waals surface area contributed by atoms with Crippen LogP contribution < -0.4 is 24.6 Å². The molecule has 0 radical (unpaired) electrons. The summed E-state index contributed by atoms with van der Waals surface area (Å²) in [7, 11) is 3.20. The molecule has 3 N–H and O–H groups in total. The fourth-order valence-corrected chi connectivity index (χ4v) is 3.72. The van der Waals surface area contributed by atoms with E-state index < -0.39 is 0 Å². The summed E-state index contributed by atoms with van der Waals surface area (Å²) >= 11 is 0. The minimum Gasteiger partial charge on any atom is -0.497 e. The number of piperazine rings is 1. The number of carbonyl (C=O) groups is 1. The molecule has 150 valence electrons. The van der Waals surface area contributed by atoms with Crippen molar-refractivity contribution < 1.29 is 24.1 Å². The lowest BCUT2D eigenvalue weighted by molar-refractivity contribution is -1.02. The number of methoxy groups -OCH3 is 2. The van der Waals surface area contributed by atoms with Gasteiger partial charge in [-0.1, -0.05) is 24.3 Å². The van der Waals surface area contributed by atoms with Crippen molar-refractivity contribution in [3.05, 3.63) is 53.6 Å². The van der Waals surface area contributed by atoms with Gasteiger partial charge in [-0.15, -0.1) is 0 Å². The fraction of sp³-hybridized carbons (Fsp3) is 0.409. The SMILES string of the molecule is COc1ccc(OC)c(NC(=O)C[NH+]2CC[NH+](Cc3ccccc3C)CC2)c1. The van der Waals surface area contributed by atoms with Crippen molar-refractivity contribution in [1.82, 2.24) is 0 Å². The van der Waals surface area contributed by atoms with Crippen LogP contribution in [0.1, 0.15) is 11.1 Å². The number of hydrogen-bond donors (Lipinski definition) is 3. The molecule has 3 rings (SSSR count). The fourth-order valence-electron chi connectivity index (χ4n) is 3.72. The molecule has 1 fully saturated rings. The Morgan fingerprint density at radius 1 is 1.00 bits per heavy atom. The maximum atomic E-state index is 12.5. The quantitative estimate of drug-likeness (QED) is 0.626. The molecule has 0 saturated carbocycles. The highest BCUT2D eigenvalue weighted by atomic mass is 16.5. The molecule has 0 aliphatic carbocycles. The van der Waals surface area contributed by atoms with Gasteiger partial charge in [-0.2, -0.15) is 0 Å². The number of benzene rings is 2. The van der Waals surface area contributed by atoms with Crippen molar-refractivity contribution in [2.45, 2.75) is 13.5 Å². The van der Waals surface area contributed by atoms with Gasteiger partial charge in [0.05, 0.1) is 19.9 Å². The number of ether oxygens (including phenoxy) is 2. The lowest BCUT2D eigenvalue weighted by Crippen LogP contribution is -3.28. The second kappa shape index (κ2) is 9.57. The Hall–Kier alpha value is -2.57. The van der Waals surface area contributed by atoms with Crippen LogP contribution in [0.3, 0.4) is 0 Å². The molecule has 6 nitrogen and oxygen atoms in total. The second-order valence-corrected chi connectivity index (χ2v) is 7.39. The third kappa shape index (κ3) is 5.24. The van der Waals surface area contributed by atoms with Gasteiger partial charge in [-0.3, -0.25) is 4.79 Å². The van der Waals surface area contributed by atoms with Crippen LogP contribution in [0.5, 0.6) is 11.5 Å². The molecule has 1 aliphatic heterocycles. The summed E-state index contributed by atoms with van der Waals surface area (Å²) in [5.74, 6) is 1.33. The largest absolute Gasteiger partial charge is 0.497 e. The minimum atomic E-state index is 0.00362. The number of aryl methyl sites for hydroxylation is 1. The standard InChI is InChI=1S/C22H29N3O3/c1-17-6-4-5-7-18(17)15-24-10-12-25(13-11-24)16-22(26)23-20-14-19(27-2)8-9-21(20)28-3/h4-9,14H,10-13,15-16H2,1-3H3,(H,23,26)/p+2. The maximum absolute atomic E-state index is 12.5. The molecule has 1 saturated heterocycles. The highest BCUT2D eigenvalue weighted by Crippen LogP contribution is 2.28. The van der Waals surface area contributed by atoms with E-state index in [1.807, 2.05) is 6.07 Å². The Kier molecular flexibility index (Phi) is 6.90. The summed E-state index contributed by atoms with van der Waals surface area (Å²) in [5, 5.41) is 2.97. The molecular formula is C22H31N3O3+2. The van der Waals surface area contributed by atoms with Gasteiger partial charge in [0.2, 0.25) is 0 Å². The van der Waals surface area contributed by atoms with Crippen LogP contribution in [0.25, 0.3) is 0 Å². The van der Waals surface area contributed by atoms with Crippen LogP contribution in [0.15, 0.2) is 42.5 Å². The predicted octanol–water partition coefficient (Wildman–Crippen LogP) is -0.0657. The van der Waals surface area contributed by atoms with Gasteiger partial charge >= 0.3 is 0 Å². The molecule has 0 unspecified atom stereocenters. The third-order valence-electron chi connectivity index (χ3n) is 5.46. The zero-order valence-corrected chi connectivity index (χ0v) is 17.0. The van der Waals surface area contributed by atoms with Crippen LogP contribution in [-0.4, -0.2) is 52.9 Å². The summed E-state index contributed by atoms with van der Waals surface area (Å²) in [6.45, 7) is 7.88. The average molecular weight is 386 g/mol. The zero-order chi connectivity index (χ0) is 19.9. The topological polar surface area (TPSA) is 56.4 Å². The first-order valence-corrected chi connectivity index (χ1v) is 9.82. The van der Waals surface area contributed by atoms with E-state index in [1.165, 1.54) is 16.0 Å². The number of carbonyl (C=O) groups excluding carboxylic acids is 1. The minimum absolute atomic E-state index is 0.00362. The number of anilines is 1. The summed E-state index contributed by atoms with van der Waals surface area (Å²) < 4.78 is 10.6. The molecule has 0 atom stereocenters. The lowest BCUT2D eigenvalue weighted by Gasteiger charge is -2.29. The first-order chi connectivity index (χ1) is 13.6. The Morgan fingerprint density at radius 3 is 2.39 bits per heavy atom. The van der Waals surface area contributed by atoms with Crippen molar-refractivity contribution in [3.8, 4) is 11.5 Å². The van der Waals surface area contributed by atoms with Gasteiger partial charge in [0.25, 0.3) is 5.91 Å². The van der Waals surface area contributed by atoms with Gasteiger partial charge in [-0.05, 0) is 24.6 Å². The monoisotopic (exact) mass is 385 g/mol. The van der Waals surface area contributed by atoms with Crippen molar-refractivity contribution in [2.75, 3.05) is 52.3 Å². The Morgan fingerprint density at radius 2 is 1.71 bits per heavy atom. The maximum Gasteiger partial charge on any atom is 0.279 e. The van der Waals surface area contributed by atoms with Gasteiger partial charge in [-0.25, -0.2) is 0 Å². The molecule has 28 heavy (non-hydrogen) atoms. The van der Waals surface area contributed by atoms with E-state index in [4.69, 9.17) is 9.47 Å². The highest BCUT2D eigenvalue weighted by Gasteiger charge is 2.25. The van der Waals surface area contributed by atoms with Gasteiger partial charge in [0.15, 0.2) is 6.54 Å². The van der Waals surface area contributed by atoms with Crippen molar-refractivity contribution >= 4 is 11.6 Å². The van der Waals surface area contributed by atoms with E-state index >= 15 is 0 Å². The highest BCUT2D eigenvalue weighted by molar-refractivity contribution is 5.93. The number of rotatable bonds is 7. The van der Waals surface area contributed by atoms with Crippen LogP contribution in [0.4, 0.5) is 5.69 Å². The van der Waals surface area contributed by atoms with Crippen LogP contribution >= 0.6 is 0 Å². The lowest BCUT2D eigenvalue weighted by atomic mass is 10.1. The van der Waals surface area contributed by atoms with Gasteiger partial charge < -0.3 is 24.6 Å². The number of quaternary nitrogens is 2. The molecule has 2 aromatic rings. The summed E-state index contributed by atoms with van der Waals surface area (Å²) in [5.41, 5.74) is 3.43. The van der Waals surface area contributed by atoms with E-state index in [1.54, 1.807) is 31.3 Å². The zero-order valence-electron chi connectivity index (χ0n) is 17.0. The Labute approximate surface area is 167 Å². The predicted molar refractivity (Wildman–Crippen MR) is 109 cm³/mol. The third-order valence-corrected chi connectivity index (χ3v) is 5.46. The molecule has 0 bridgehead atoms. The van der Waals surface area contributed by atoms with E-state index in [2.05, 4.69) is 36.5 Å². The van der Waals surface area contributed by atoms with E-state index in [0.29, 0.717) is 23.7 Å². The number of amides is 1. The number of hydrogen-bond acceptors (Lipinski definition) is 3. The first-order valence-electron chi connectivity index (χ1n) is 9.82. The second-order valence-electron chi connectivity index (χ2n) is 7.39. The van der Waals surface area contributed by atoms with Crippen molar-refractivity contribution in [3.63, 3.8) is 0 Å². The van der Waals surface area contributed by atoms with E-state index in [-0.39, 0.29) is 5.91 Å². The molecule has 0 aromatic heterocycles. The first kappa shape index (κ1) is 20.2. The number of nitrogens with one attached hydrogen (secondary N) is 3. The van der Waals surface area contributed by atoms with E-state index in [9.17, 15) is 4.79 Å². The molecule has 1 amide bonds. The molecular weight excluding hydrogens is 354 g/mol. The summed E-state index contributed by atoms with van der Waals surface area (Å²) in [6, 6.07) is 14.0. The molecule has 6 heteroatoms. The van der Waals surface area contributed by atoms with E-state index in [0.717, 1.165) is 32.7 Å². The normalized spacial score (nSPS) is 19.1. The smallest absolute Gasteiger partial charge is 0.279 e. The van der Waals surface area contributed by atoms with Crippen LogP contribution in [0.2, 0.25) is 0 Å². The average Bonchev–Trinajstić information content (AvgIpc) is 2.71. The molecule has 1 aliphatic rings. The molecule has 2 aromatic carbocycles. The van der Waals surface area contributed by atoms with Crippen molar-refractivity contribution in [1.29, 1.82) is 0 Å². The van der Waals surface area contributed by atoms with Crippen LogP contribution in [0, 0.1) is 6.92 Å². The van der Waals surface area contributed by atoms with Gasteiger partial charge in [0, 0.05) is 11.6 Å².